The van der Waals surface area contributed by atoms with Gasteiger partial charge in [-0.1, -0.05) is 33.8 Å². The van der Waals surface area contributed by atoms with Gasteiger partial charge in [0.1, 0.15) is 0 Å². The second-order valence-electron chi connectivity index (χ2n) is 6.86. The highest BCUT2D eigenvalue weighted by Gasteiger charge is 2.17. The Hall–Kier alpha value is -1.71. The summed E-state index contributed by atoms with van der Waals surface area (Å²) in [5, 5.41) is 12.4. The maximum atomic E-state index is 11.9. The summed E-state index contributed by atoms with van der Waals surface area (Å²) in [5.41, 5.74) is 1.14. The molecule has 1 aromatic carbocycles. The van der Waals surface area contributed by atoms with Crippen LogP contribution in [0.25, 0.3) is 0 Å². The molecule has 118 valence electrons. The van der Waals surface area contributed by atoms with Crippen molar-refractivity contribution in [1.82, 2.24) is 5.32 Å². The second kappa shape index (κ2) is 7.34. The number of carbonyl (C=O) groups excluding carboxylic acids is 1. The highest BCUT2D eigenvalue weighted by atomic mass is 16.5. The van der Waals surface area contributed by atoms with Crippen LogP contribution in [0, 0.1) is 11.3 Å². The van der Waals surface area contributed by atoms with Crippen LogP contribution in [0.2, 0.25) is 0 Å². The van der Waals surface area contributed by atoms with Gasteiger partial charge in [-0.15, -0.1) is 0 Å². The largest absolute Gasteiger partial charge is 0.504 e. The molecule has 0 saturated carbocycles. The summed E-state index contributed by atoms with van der Waals surface area (Å²) in [4.78, 5) is 11.9. The summed E-state index contributed by atoms with van der Waals surface area (Å²) in [7, 11) is 1.51. The summed E-state index contributed by atoms with van der Waals surface area (Å²) in [5.74, 6) is 0.937. The van der Waals surface area contributed by atoms with E-state index in [4.69, 9.17) is 4.74 Å². The predicted octanol–water partition coefficient (Wildman–Crippen LogP) is 3.48. The number of ether oxygens (including phenoxy) is 1. The van der Waals surface area contributed by atoms with Gasteiger partial charge < -0.3 is 15.2 Å². The molecule has 0 bridgehead atoms. The van der Waals surface area contributed by atoms with E-state index in [9.17, 15) is 9.90 Å². The van der Waals surface area contributed by atoms with Gasteiger partial charge in [-0.25, -0.2) is 0 Å². The lowest BCUT2D eigenvalue weighted by Crippen LogP contribution is -2.25. The highest BCUT2D eigenvalue weighted by molar-refractivity contribution is 5.76. The Bertz CT molecular complexity index is 477. The van der Waals surface area contributed by atoms with Crippen molar-refractivity contribution in [3.8, 4) is 11.5 Å². The van der Waals surface area contributed by atoms with E-state index in [-0.39, 0.29) is 17.1 Å². The summed E-state index contributed by atoms with van der Waals surface area (Å²) in [6.07, 6.45) is 1.56. The Morgan fingerprint density at radius 2 is 2.05 bits per heavy atom. The third kappa shape index (κ3) is 6.52. The molecule has 0 heterocycles. The van der Waals surface area contributed by atoms with Gasteiger partial charge in [0.05, 0.1) is 7.11 Å². The second-order valence-corrected chi connectivity index (χ2v) is 6.86. The van der Waals surface area contributed by atoms with Gasteiger partial charge in [0, 0.05) is 13.0 Å². The number of amides is 1. The van der Waals surface area contributed by atoms with Crippen LogP contribution < -0.4 is 10.1 Å². The normalized spacial score (nSPS) is 12.8. The third-order valence-corrected chi connectivity index (χ3v) is 3.23. The van der Waals surface area contributed by atoms with Crippen molar-refractivity contribution in [2.24, 2.45) is 11.3 Å². The molecule has 4 nitrogen and oxygen atoms in total. The molecule has 1 atom stereocenters. The number of phenols is 1. The van der Waals surface area contributed by atoms with Crippen LogP contribution in [-0.2, 0) is 11.3 Å². The fourth-order valence-corrected chi connectivity index (χ4v) is 2.54. The topological polar surface area (TPSA) is 58.6 Å². The zero-order valence-corrected chi connectivity index (χ0v) is 13.7. The van der Waals surface area contributed by atoms with Crippen LogP contribution in [-0.4, -0.2) is 18.1 Å². The molecule has 0 aliphatic carbocycles. The predicted molar refractivity (Wildman–Crippen MR) is 84.4 cm³/mol. The van der Waals surface area contributed by atoms with Crippen LogP contribution in [0.1, 0.15) is 46.1 Å². The van der Waals surface area contributed by atoms with Crippen molar-refractivity contribution in [2.75, 3.05) is 7.11 Å². The number of carbonyl (C=O) groups is 1. The molecule has 1 aromatic rings. The van der Waals surface area contributed by atoms with Crippen molar-refractivity contribution in [3.63, 3.8) is 0 Å². The van der Waals surface area contributed by atoms with Crippen LogP contribution in [0.15, 0.2) is 18.2 Å². The molecule has 1 amide bonds. The van der Waals surface area contributed by atoms with Crippen LogP contribution >= 0.6 is 0 Å². The van der Waals surface area contributed by atoms with Crippen molar-refractivity contribution < 1.29 is 14.6 Å². The molecule has 0 fully saturated rings. The minimum absolute atomic E-state index is 0.0544. The summed E-state index contributed by atoms with van der Waals surface area (Å²) >= 11 is 0. The van der Waals surface area contributed by atoms with Crippen LogP contribution in [0.5, 0.6) is 11.5 Å². The molecule has 2 N–H and O–H groups in total. The molecule has 0 aromatic heterocycles. The van der Waals surface area contributed by atoms with E-state index in [1.165, 1.54) is 7.11 Å². The van der Waals surface area contributed by atoms with E-state index in [0.29, 0.717) is 24.6 Å². The van der Waals surface area contributed by atoms with E-state index in [2.05, 4.69) is 33.0 Å². The number of methoxy groups -OCH3 is 1. The Morgan fingerprint density at radius 3 is 2.62 bits per heavy atom. The Balaban J connectivity index is 2.46. The van der Waals surface area contributed by atoms with Gasteiger partial charge in [-0.2, -0.15) is 0 Å². The van der Waals surface area contributed by atoms with Gasteiger partial charge in [0.2, 0.25) is 5.91 Å². The molecule has 0 aliphatic heterocycles. The molecule has 21 heavy (non-hydrogen) atoms. The molecular weight excluding hydrogens is 266 g/mol. The molecule has 4 heteroatoms. The molecule has 0 spiro atoms. The van der Waals surface area contributed by atoms with Crippen molar-refractivity contribution in [3.05, 3.63) is 23.8 Å². The maximum Gasteiger partial charge on any atom is 0.220 e. The van der Waals surface area contributed by atoms with Gasteiger partial charge in [0.15, 0.2) is 11.5 Å². The average Bonchev–Trinajstić information content (AvgIpc) is 2.35. The van der Waals surface area contributed by atoms with E-state index in [1.807, 2.05) is 0 Å². The first-order valence-corrected chi connectivity index (χ1v) is 7.34. The standard InChI is InChI=1S/C17H27NO3/c1-12(10-17(2,3)4)8-16(20)18-11-13-6-7-14(19)15(9-13)21-5/h6-7,9,12,19H,8,10-11H2,1-5H3,(H,18,20). The summed E-state index contributed by atoms with van der Waals surface area (Å²) in [6.45, 7) is 9.10. The minimum atomic E-state index is 0.0544. The molecule has 1 rings (SSSR count). The smallest absolute Gasteiger partial charge is 0.220 e. The van der Waals surface area contributed by atoms with Crippen LogP contribution in [0.3, 0.4) is 0 Å². The summed E-state index contributed by atoms with van der Waals surface area (Å²) in [6, 6.07) is 5.08. The van der Waals surface area contributed by atoms with E-state index >= 15 is 0 Å². The van der Waals surface area contributed by atoms with Gasteiger partial charge >= 0.3 is 0 Å². The van der Waals surface area contributed by atoms with Gasteiger partial charge in [-0.3, -0.25) is 4.79 Å². The maximum absolute atomic E-state index is 11.9. The summed E-state index contributed by atoms with van der Waals surface area (Å²) < 4.78 is 5.05. The molecule has 0 aliphatic rings. The Morgan fingerprint density at radius 1 is 1.38 bits per heavy atom. The third-order valence-electron chi connectivity index (χ3n) is 3.23. The monoisotopic (exact) mass is 293 g/mol. The first kappa shape index (κ1) is 17.3. The number of phenolic OH excluding ortho intramolecular Hbond substituents is 1. The molecule has 0 radical (unpaired) electrons. The number of benzene rings is 1. The number of nitrogens with one attached hydrogen (secondary N) is 1. The quantitative estimate of drug-likeness (QED) is 0.844. The Kier molecular flexibility index (Phi) is 6.06. The van der Waals surface area contributed by atoms with Crippen molar-refractivity contribution >= 4 is 5.91 Å². The first-order valence-electron chi connectivity index (χ1n) is 7.34. The molecular formula is C17H27NO3. The molecule has 0 saturated heterocycles. The number of hydrogen-bond donors (Lipinski definition) is 2. The number of rotatable bonds is 6. The first-order chi connectivity index (χ1) is 9.71. The van der Waals surface area contributed by atoms with E-state index < -0.39 is 0 Å². The lowest BCUT2D eigenvalue weighted by molar-refractivity contribution is -0.122. The fraction of sp³-hybridized carbons (Fsp3) is 0.588. The highest BCUT2D eigenvalue weighted by Crippen LogP contribution is 2.27. The lowest BCUT2D eigenvalue weighted by Gasteiger charge is -2.22. The van der Waals surface area contributed by atoms with E-state index in [1.54, 1.807) is 18.2 Å². The Labute approximate surface area is 127 Å². The molecule has 1 unspecified atom stereocenters. The number of hydrogen-bond acceptors (Lipinski definition) is 3. The van der Waals surface area contributed by atoms with Gasteiger partial charge in [-0.05, 0) is 35.4 Å². The SMILES string of the molecule is COc1cc(CNC(=O)CC(C)CC(C)(C)C)ccc1O. The number of aromatic hydroxyl groups is 1. The zero-order chi connectivity index (χ0) is 16.0. The zero-order valence-electron chi connectivity index (χ0n) is 13.7. The average molecular weight is 293 g/mol. The van der Waals surface area contributed by atoms with E-state index in [0.717, 1.165) is 12.0 Å². The van der Waals surface area contributed by atoms with Crippen LogP contribution in [0.4, 0.5) is 0 Å². The van der Waals surface area contributed by atoms with Crippen molar-refractivity contribution in [1.29, 1.82) is 0 Å². The minimum Gasteiger partial charge on any atom is -0.504 e. The van der Waals surface area contributed by atoms with Crippen molar-refractivity contribution in [2.45, 2.75) is 47.1 Å². The van der Waals surface area contributed by atoms with Gasteiger partial charge in [0.25, 0.3) is 0 Å². The lowest BCUT2D eigenvalue weighted by atomic mass is 9.84. The fourth-order valence-electron chi connectivity index (χ4n) is 2.54.